The largest absolute Gasteiger partial charge is 0.494 e. The SMILES string of the molecule is CCCCCOc1cccc(-c2ccoc2C(=O)O)c1. The highest BCUT2D eigenvalue weighted by molar-refractivity contribution is 5.93. The van der Waals surface area contributed by atoms with Gasteiger partial charge in [0.1, 0.15) is 5.75 Å². The van der Waals surface area contributed by atoms with E-state index in [1.807, 2.05) is 24.3 Å². The average Bonchev–Trinajstić information content (AvgIpc) is 2.94. The van der Waals surface area contributed by atoms with Crippen LogP contribution in [0.1, 0.15) is 36.7 Å². The van der Waals surface area contributed by atoms with Crippen LogP contribution in [0.3, 0.4) is 0 Å². The highest BCUT2D eigenvalue weighted by Gasteiger charge is 2.15. The fraction of sp³-hybridized carbons (Fsp3) is 0.312. The van der Waals surface area contributed by atoms with Gasteiger partial charge in [0.05, 0.1) is 12.9 Å². The van der Waals surface area contributed by atoms with Gasteiger partial charge in [0.25, 0.3) is 0 Å². The number of aromatic carboxylic acids is 1. The van der Waals surface area contributed by atoms with E-state index in [0.717, 1.165) is 30.6 Å². The Balaban J connectivity index is 2.13. The van der Waals surface area contributed by atoms with E-state index in [2.05, 4.69) is 6.92 Å². The molecule has 0 fully saturated rings. The van der Waals surface area contributed by atoms with Crippen LogP contribution in [0.15, 0.2) is 41.0 Å². The van der Waals surface area contributed by atoms with Gasteiger partial charge in [0.15, 0.2) is 0 Å². The van der Waals surface area contributed by atoms with Crippen LogP contribution in [0.25, 0.3) is 11.1 Å². The Labute approximate surface area is 118 Å². The molecule has 0 aliphatic rings. The van der Waals surface area contributed by atoms with Crippen LogP contribution >= 0.6 is 0 Å². The van der Waals surface area contributed by atoms with Gasteiger partial charge in [-0.2, -0.15) is 0 Å². The maximum Gasteiger partial charge on any atom is 0.372 e. The van der Waals surface area contributed by atoms with Crippen molar-refractivity contribution in [3.8, 4) is 16.9 Å². The third kappa shape index (κ3) is 3.41. The number of hydrogen-bond acceptors (Lipinski definition) is 3. The van der Waals surface area contributed by atoms with Crippen molar-refractivity contribution in [2.75, 3.05) is 6.61 Å². The summed E-state index contributed by atoms with van der Waals surface area (Å²) in [5, 5.41) is 9.06. The first-order valence-corrected chi connectivity index (χ1v) is 6.76. The lowest BCUT2D eigenvalue weighted by atomic mass is 10.1. The normalized spacial score (nSPS) is 10.4. The van der Waals surface area contributed by atoms with Crippen molar-refractivity contribution in [1.29, 1.82) is 0 Å². The zero-order valence-corrected chi connectivity index (χ0v) is 11.5. The third-order valence-corrected chi connectivity index (χ3v) is 3.02. The molecule has 0 amide bonds. The molecule has 1 aromatic heterocycles. The quantitative estimate of drug-likeness (QED) is 0.768. The van der Waals surface area contributed by atoms with Gasteiger partial charge in [0, 0.05) is 5.56 Å². The van der Waals surface area contributed by atoms with E-state index < -0.39 is 5.97 Å². The average molecular weight is 274 g/mol. The highest BCUT2D eigenvalue weighted by atomic mass is 16.5. The predicted octanol–water partition coefficient (Wildman–Crippen LogP) is 4.21. The summed E-state index contributed by atoms with van der Waals surface area (Å²) in [5.41, 5.74) is 1.35. The number of ether oxygens (including phenoxy) is 1. The summed E-state index contributed by atoms with van der Waals surface area (Å²) < 4.78 is 10.7. The molecule has 2 aromatic rings. The van der Waals surface area contributed by atoms with Crippen LogP contribution in [0.4, 0.5) is 0 Å². The predicted molar refractivity (Wildman–Crippen MR) is 76.1 cm³/mol. The zero-order valence-electron chi connectivity index (χ0n) is 11.5. The second kappa shape index (κ2) is 6.80. The minimum absolute atomic E-state index is 0.0480. The Hall–Kier alpha value is -2.23. The number of benzene rings is 1. The van der Waals surface area contributed by atoms with E-state index in [0.29, 0.717) is 12.2 Å². The Bertz CT molecular complexity index is 571. The van der Waals surface area contributed by atoms with Gasteiger partial charge in [-0.05, 0) is 30.2 Å². The van der Waals surface area contributed by atoms with Crippen molar-refractivity contribution >= 4 is 5.97 Å². The summed E-state index contributed by atoms with van der Waals surface area (Å²) in [6.07, 6.45) is 4.70. The number of unbranched alkanes of at least 4 members (excludes halogenated alkanes) is 2. The molecule has 0 saturated heterocycles. The topological polar surface area (TPSA) is 59.7 Å². The van der Waals surface area contributed by atoms with Crippen molar-refractivity contribution in [3.63, 3.8) is 0 Å². The summed E-state index contributed by atoms with van der Waals surface area (Å²) in [7, 11) is 0. The maximum atomic E-state index is 11.1. The molecular weight excluding hydrogens is 256 g/mol. The number of hydrogen-bond donors (Lipinski definition) is 1. The fourth-order valence-electron chi connectivity index (χ4n) is 2.00. The van der Waals surface area contributed by atoms with Crippen LogP contribution < -0.4 is 4.74 Å². The summed E-state index contributed by atoms with van der Waals surface area (Å²) in [6, 6.07) is 9.05. The molecule has 20 heavy (non-hydrogen) atoms. The Morgan fingerprint density at radius 3 is 2.90 bits per heavy atom. The van der Waals surface area contributed by atoms with Crippen LogP contribution in [-0.2, 0) is 0 Å². The molecule has 4 nitrogen and oxygen atoms in total. The molecule has 4 heteroatoms. The number of furan rings is 1. The lowest BCUT2D eigenvalue weighted by Gasteiger charge is -2.07. The van der Waals surface area contributed by atoms with Crippen molar-refractivity contribution < 1.29 is 19.1 Å². The molecule has 0 saturated carbocycles. The number of rotatable bonds is 7. The minimum Gasteiger partial charge on any atom is -0.494 e. The smallest absolute Gasteiger partial charge is 0.372 e. The van der Waals surface area contributed by atoms with E-state index in [4.69, 9.17) is 14.3 Å². The highest BCUT2D eigenvalue weighted by Crippen LogP contribution is 2.28. The lowest BCUT2D eigenvalue weighted by molar-refractivity contribution is 0.0663. The number of carboxylic acid groups (broad SMARTS) is 1. The molecule has 0 atom stereocenters. The Morgan fingerprint density at radius 1 is 1.30 bits per heavy atom. The third-order valence-electron chi connectivity index (χ3n) is 3.02. The standard InChI is InChI=1S/C16H18O4/c1-2-3-4-9-19-13-7-5-6-12(11-13)14-8-10-20-15(14)16(17)18/h5-8,10-11H,2-4,9H2,1H3,(H,17,18). The van der Waals surface area contributed by atoms with E-state index in [9.17, 15) is 4.79 Å². The maximum absolute atomic E-state index is 11.1. The molecule has 0 aliphatic carbocycles. The second-order valence-electron chi connectivity index (χ2n) is 4.55. The molecule has 2 rings (SSSR count). The first-order valence-electron chi connectivity index (χ1n) is 6.76. The van der Waals surface area contributed by atoms with Crippen molar-refractivity contribution in [1.82, 2.24) is 0 Å². The summed E-state index contributed by atoms with van der Waals surface area (Å²) in [6.45, 7) is 2.82. The lowest BCUT2D eigenvalue weighted by Crippen LogP contribution is -1.98. The molecule has 0 spiro atoms. The van der Waals surface area contributed by atoms with Gasteiger partial charge in [0.2, 0.25) is 5.76 Å². The van der Waals surface area contributed by atoms with E-state index in [-0.39, 0.29) is 5.76 Å². The van der Waals surface area contributed by atoms with Gasteiger partial charge in [-0.1, -0.05) is 31.9 Å². The van der Waals surface area contributed by atoms with Gasteiger partial charge in [-0.25, -0.2) is 4.79 Å². The summed E-state index contributed by atoms with van der Waals surface area (Å²) in [4.78, 5) is 11.1. The summed E-state index contributed by atoms with van der Waals surface area (Å²) >= 11 is 0. The zero-order chi connectivity index (χ0) is 14.4. The molecule has 106 valence electrons. The molecule has 1 N–H and O–H groups in total. The van der Waals surface area contributed by atoms with Crippen LogP contribution in [0.5, 0.6) is 5.75 Å². The van der Waals surface area contributed by atoms with Crippen molar-refractivity contribution in [2.24, 2.45) is 0 Å². The molecule has 1 aromatic carbocycles. The number of carbonyl (C=O) groups is 1. The van der Waals surface area contributed by atoms with Gasteiger partial charge >= 0.3 is 5.97 Å². The first kappa shape index (κ1) is 14.2. The monoisotopic (exact) mass is 274 g/mol. The van der Waals surface area contributed by atoms with E-state index in [1.54, 1.807) is 6.07 Å². The summed E-state index contributed by atoms with van der Waals surface area (Å²) in [5.74, 6) is -0.372. The number of carboxylic acids is 1. The molecule has 0 bridgehead atoms. The molecule has 0 unspecified atom stereocenters. The fourth-order valence-corrected chi connectivity index (χ4v) is 2.00. The molecular formula is C16H18O4. The van der Waals surface area contributed by atoms with E-state index in [1.165, 1.54) is 6.26 Å². The van der Waals surface area contributed by atoms with E-state index >= 15 is 0 Å². The molecule has 1 heterocycles. The van der Waals surface area contributed by atoms with Crippen LogP contribution in [0.2, 0.25) is 0 Å². The van der Waals surface area contributed by atoms with Crippen LogP contribution in [0, 0.1) is 0 Å². The van der Waals surface area contributed by atoms with Crippen molar-refractivity contribution in [3.05, 3.63) is 42.4 Å². The van der Waals surface area contributed by atoms with Crippen molar-refractivity contribution in [2.45, 2.75) is 26.2 Å². The van der Waals surface area contributed by atoms with Gasteiger partial charge in [-0.15, -0.1) is 0 Å². The first-order chi connectivity index (χ1) is 9.72. The minimum atomic E-state index is -1.07. The Kier molecular flexibility index (Phi) is 4.82. The van der Waals surface area contributed by atoms with Gasteiger partial charge in [-0.3, -0.25) is 0 Å². The molecule has 0 aliphatic heterocycles. The molecule has 0 radical (unpaired) electrons. The Morgan fingerprint density at radius 2 is 2.15 bits per heavy atom. The second-order valence-corrected chi connectivity index (χ2v) is 4.55. The van der Waals surface area contributed by atoms with Crippen LogP contribution in [-0.4, -0.2) is 17.7 Å². The van der Waals surface area contributed by atoms with Gasteiger partial charge < -0.3 is 14.3 Å².